The number of hydrogen-bond donors (Lipinski definition) is 1. The van der Waals surface area contributed by atoms with Crippen molar-refractivity contribution in [2.24, 2.45) is 7.05 Å². The predicted octanol–water partition coefficient (Wildman–Crippen LogP) is 5.50. The van der Waals surface area contributed by atoms with Crippen molar-refractivity contribution in [3.8, 4) is 22.6 Å². The average Bonchev–Trinajstić information content (AvgIpc) is 2.94. The quantitative estimate of drug-likeness (QED) is 0.290. The molecule has 12 heteroatoms. The molecule has 3 heterocycles. The Kier molecular flexibility index (Phi) is 8.64. The first-order chi connectivity index (χ1) is 19.8. The second kappa shape index (κ2) is 12.0. The van der Waals surface area contributed by atoms with Gasteiger partial charge in [-0.1, -0.05) is 6.58 Å². The van der Waals surface area contributed by atoms with Crippen molar-refractivity contribution in [1.29, 1.82) is 0 Å². The number of halogens is 6. The number of aryl methyl sites for hydroxylation is 1. The normalized spacial score (nSPS) is 13.4. The lowest BCUT2D eigenvalue weighted by atomic mass is 10.0. The summed E-state index contributed by atoms with van der Waals surface area (Å²) in [6.45, 7) is 8.14. The van der Waals surface area contributed by atoms with Gasteiger partial charge < -0.3 is 9.88 Å². The lowest BCUT2D eigenvalue weighted by molar-refractivity contribution is 0.146. The molecule has 4 rings (SSSR count). The van der Waals surface area contributed by atoms with Gasteiger partial charge in [-0.15, -0.1) is 0 Å². The SMILES string of the molecule is C=c1c(=O)n(C)c(-c2cnc(-c3cc(F)cnc3C)nc2)c/c1=C(/C=C(\C)F)[C@@H](C)Nc1ccc(F)c(F)c1C(F)F. The van der Waals surface area contributed by atoms with Crippen molar-refractivity contribution >= 4 is 17.8 Å². The van der Waals surface area contributed by atoms with Crippen LogP contribution in [0.15, 0.2) is 59.6 Å². The molecule has 0 fully saturated rings. The van der Waals surface area contributed by atoms with E-state index < -0.39 is 52.6 Å². The van der Waals surface area contributed by atoms with Gasteiger partial charge >= 0.3 is 0 Å². The first-order valence-electron chi connectivity index (χ1n) is 12.5. The van der Waals surface area contributed by atoms with Crippen LogP contribution in [0.1, 0.15) is 31.5 Å². The number of aromatic nitrogens is 4. The molecular weight excluding hydrogens is 560 g/mol. The van der Waals surface area contributed by atoms with Crippen molar-refractivity contribution < 1.29 is 26.3 Å². The molecule has 0 unspecified atom stereocenters. The zero-order valence-corrected chi connectivity index (χ0v) is 22.9. The van der Waals surface area contributed by atoms with Crippen LogP contribution in [0.25, 0.3) is 34.8 Å². The molecule has 218 valence electrons. The molecule has 0 radical (unpaired) electrons. The predicted molar refractivity (Wildman–Crippen MR) is 148 cm³/mol. The first kappa shape index (κ1) is 30.2. The van der Waals surface area contributed by atoms with Crippen LogP contribution >= 0.6 is 0 Å². The van der Waals surface area contributed by atoms with Crippen molar-refractivity contribution in [3.05, 3.63) is 104 Å². The third-order valence-corrected chi connectivity index (χ3v) is 6.63. The molecule has 1 atom stereocenters. The molecule has 0 spiro atoms. The van der Waals surface area contributed by atoms with E-state index in [1.165, 1.54) is 43.1 Å². The molecule has 0 amide bonds. The number of nitrogens with zero attached hydrogens (tertiary/aromatic N) is 4. The highest BCUT2D eigenvalue weighted by Gasteiger charge is 2.23. The summed E-state index contributed by atoms with van der Waals surface area (Å²) in [5.74, 6) is -4.19. The van der Waals surface area contributed by atoms with Crippen molar-refractivity contribution in [3.63, 3.8) is 0 Å². The van der Waals surface area contributed by atoms with Gasteiger partial charge in [0, 0.05) is 53.2 Å². The summed E-state index contributed by atoms with van der Waals surface area (Å²) in [4.78, 5) is 25.8. The maximum absolute atomic E-state index is 14.3. The summed E-state index contributed by atoms with van der Waals surface area (Å²) >= 11 is 0. The molecule has 4 aromatic rings. The van der Waals surface area contributed by atoms with E-state index in [0.717, 1.165) is 25.3 Å². The Bertz CT molecular complexity index is 1870. The molecule has 42 heavy (non-hydrogen) atoms. The number of rotatable bonds is 7. The molecule has 1 N–H and O–H groups in total. The van der Waals surface area contributed by atoms with Crippen LogP contribution in [0.3, 0.4) is 0 Å². The lowest BCUT2D eigenvalue weighted by Crippen LogP contribution is -2.46. The van der Waals surface area contributed by atoms with Gasteiger partial charge in [-0.3, -0.25) is 9.78 Å². The maximum Gasteiger partial charge on any atom is 0.268 e. The third kappa shape index (κ3) is 5.97. The molecule has 0 aliphatic rings. The third-order valence-electron chi connectivity index (χ3n) is 6.63. The molecule has 3 aromatic heterocycles. The van der Waals surface area contributed by atoms with E-state index in [-0.39, 0.29) is 21.8 Å². The molecule has 0 bridgehead atoms. The van der Waals surface area contributed by atoms with Crippen LogP contribution in [-0.2, 0) is 7.05 Å². The van der Waals surface area contributed by atoms with Crippen LogP contribution in [-0.4, -0.2) is 25.6 Å². The van der Waals surface area contributed by atoms with E-state index in [0.29, 0.717) is 28.6 Å². The zero-order chi connectivity index (χ0) is 30.9. The zero-order valence-electron chi connectivity index (χ0n) is 22.9. The van der Waals surface area contributed by atoms with Crippen LogP contribution in [0.5, 0.6) is 0 Å². The summed E-state index contributed by atoms with van der Waals surface area (Å²) < 4.78 is 84.5. The standard InChI is InChI=1S/C30H25F6N5O/c1-14(31)8-21(17(4)40-24-7-6-23(33)27(34)26(24)28(35)36)20-10-25(41(5)30(42)15(20)2)18-11-38-29(39-12-18)22-9-19(32)13-37-16(22)3/h6-13,17,28,40H,2H2,1,3-5H3/b14-8+,21-20+/t17-/m1/s1. The van der Waals surface area contributed by atoms with E-state index in [2.05, 4.69) is 26.8 Å². The molecular formula is C30H25F6N5O. The molecule has 6 nitrogen and oxygen atoms in total. The van der Waals surface area contributed by atoms with Crippen molar-refractivity contribution in [2.45, 2.75) is 33.2 Å². The van der Waals surface area contributed by atoms with Crippen LogP contribution < -0.4 is 21.3 Å². The highest BCUT2D eigenvalue weighted by Crippen LogP contribution is 2.32. The summed E-state index contributed by atoms with van der Waals surface area (Å²) in [7, 11) is 1.48. The van der Waals surface area contributed by atoms with Gasteiger partial charge in [0.15, 0.2) is 17.5 Å². The lowest BCUT2D eigenvalue weighted by Gasteiger charge is -2.21. The number of hydrogen-bond acceptors (Lipinski definition) is 5. The Morgan fingerprint density at radius 1 is 1.07 bits per heavy atom. The van der Waals surface area contributed by atoms with Crippen LogP contribution in [0.2, 0.25) is 0 Å². The summed E-state index contributed by atoms with van der Waals surface area (Å²) in [6.07, 6.45) is 1.66. The van der Waals surface area contributed by atoms with Gasteiger partial charge in [-0.2, -0.15) is 0 Å². The highest BCUT2D eigenvalue weighted by atomic mass is 19.3. The van der Waals surface area contributed by atoms with Gasteiger partial charge in [0.05, 0.1) is 23.3 Å². The fourth-order valence-electron chi connectivity index (χ4n) is 4.48. The van der Waals surface area contributed by atoms with E-state index in [9.17, 15) is 31.1 Å². The van der Waals surface area contributed by atoms with Crippen LogP contribution in [0, 0.1) is 24.4 Å². The van der Waals surface area contributed by atoms with Crippen molar-refractivity contribution in [1.82, 2.24) is 19.5 Å². The molecule has 1 aromatic carbocycles. The van der Waals surface area contributed by atoms with Gasteiger partial charge in [0.25, 0.3) is 12.0 Å². The monoisotopic (exact) mass is 585 g/mol. The Hall–Kier alpha value is -4.74. The number of pyridine rings is 2. The fraction of sp³-hybridized carbons (Fsp3) is 0.200. The van der Waals surface area contributed by atoms with E-state index >= 15 is 0 Å². The number of allylic oxidation sites excluding steroid dienone is 1. The minimum Gasteiger partial charge on any atom is -0.378 e. The molecule has 0 saturated heterocycles. The van der Waals surface area contributed by atoms with E-state index in [1.807, 2.05) is 0 Å². The number of benzene rings is 1. The second-order valence-electron chi connectivity index (χ2n) is 9.54. The summed E-state index contributed by atoms with van der Waals surface area (Å²) in [5.41, 5.74) is -0.437. The Balaban J connectivity index is 1.89. The maximum atomic E-state index is 14.3. The Morgan fingerprint density at radius 3 is 2.36 bits per heavy atom. The fourth-order valence-corrected chi connectivity index (χ4v) is 4.48. The minimum absolute atomic E-state index is 0.0271. The Morgan fingerprint density at radius 2 is 1.74 bits per heavy atom. The van der Waals surface area contributed by atoms with E-state index in [4.69, 9.17) is 0 Å². The van der Waals surface area contributed by atoms with E-state index in [1.54, 1.807) is 6.92 Å². The number of anilines is 1. The Labute approximate surface area is 236 Å². The number of alkyl halides is 2. The summed E-state index contributed by atoms with van der Waals surface area (Å²) in [6, 6.07) is 3.44. The van der Waals surface area contributed by atoms with Gasteiger partial charge in [0.1, 0.15) is 5.82 Å². The summed E-state index contributed by atoms with van der Waals surface area (Å²) in [5, 5.41) is 2.83. The average molecular weight is 586 g/mol. The molecule has 0 saturated carbocycles. The highest BCUT2D eigenvalue weighted by molar-refractivity contribution is 5.70. The molecule has 0 aliphatic heterocycles. The van der Waals surface area contributed by atoms with Gasteiger partial charge in [-0.05, 0) is 61.9 Å². The van der Waals surface area contributed by atoms with Gasteiger partial charge in [0.2, 0.25) is 0 Å². The largest absolute Gasteiger partial charge is 0.378 e. The van der Waals surface area contributed by atoms with Crippen LogP contribution in [0.4, 0.5) is 32.0 Å². The van der Waals surface area contributed by atoms with Crippen molar-refractivity contribution in [2.75, 3.05) is 5.32 Å². The number of nitrogens with one attached hydrogen (secondary N) is 1. The van der Waals surface area contributed by atoms with Gasteiger partial charge in [-0.25, -0.2) is 36.3 Å². The molecule has 0 aliphatic carbocycles. The topological polar surface area (TPSA) is 72.7 Å². The first-order valence-corrected chi connectivity index (χ1v) is 12.5. The minimum atomic E-state index is -3.34. The second-order valence-corrected chi connectivity index (χ2v) is 9.54. The smallest absolute Gasteiger partial charge is 0.268 e.